The number of benzene rings is 2. The summed E-state index contributed by atoms with van der Waals surface area (Å²) in [6.45, 7) is 0.0902. The normalized spacial score (nSPS) is 10.6. The molecule has 0 spiro atoms. The third kappa shape index (κ3) is 3.07. The van der Waals surface area contributed by atoms with Gasteiger partial charge in [0.15, 0.2) is 0 Å². The van der Waals surface area contributed by atoms with Gasteiger partial charge in [0.25, 0.3) is 5.56 Å². The molecular weight excluding hydrogens is 303 g/mol. The van der Waals surface area contributed by atoms with E-state index in [2.05, 4.69) is 5.10 Å². The zero-order chi connectivity index (χ0) is 15.5. The molecule has 2 aromatic carbocycles. The molecule has 3 aromatic rings. The third-order valence-corrected chi connectivity index (χ3v) is 3.54. The number of rotatable bonds is 3. The molecule has 0 saturated heterocycles. The fraction of sp³-hybridized carbons (Fsp3) is 0.0588. The summed E-state index contributed by atoms with van der Waals surface area (Å²) in [5, 5.41) is 4.93. The van der Waals surface area contributed by atoms with E-state index in [1.54, 1.807) is 36.4 Å². The molecule has 3 rings (SSSR count). The Morgan fingerprint density at radius 1 is 1.00 bits per heavy atom. The Bertz CT molecular complexity index is 859. The maximum atomic E-state index is 13.7. The molecule has 22 heavy (non-hydrogen) atoms. The van der Waals surface area contributed by atoms with Crippen LogP contribution in [-0.4, -0.2) is 9.78 Å². The van der Waals surface area contributed by atoms with E-state index >= 15 is 0 Å². The van der Waals surface area contributed by atoms with E-state index in [0.717, 1.165) is 5.56 Å². The largest absolute Gasteiger partial charge is 0.268 e. The highest BCUT2D eigenvalue weighted by Gasteiger charge is 2.07. The highest BCUT2D eigenvalue weighted by Crippen LogP contribution is 2.18. The minimum absolute atomic E-state index is 0.0902. The van der Waals surface area contributed by atoms with Crippen LogP contribution in [0.1, 0.15) is 5.56 Å². The maximum Gasteiger partial charge on any atom is 0.267 e. The third-order valence-electron chi connectivity index (χ3n) is 3.28. The van der Waals surface area contributed by atoms with Crippen LogP contribution >= 0.6 is 11.6 Å². The molecule has 110 valence electrons. The first-order chi connectivity index (χ1) is 10.6. The molecule has 0 unspecified atom stereocenters. The van der Waals surface area contributed by atoms with Crippen molar-refractivity contribution in [3.63, 3.8) is 0 Å². The number of hydrogen-bond donors (Lipinski definition) is 0. The van der Waals surface area contributed by atoms with Crippen LogP contribution in [0, 0.1) is 5.82 Å². The van der Waals surface area contributed by atoms with Gasteiger partial charge in [0, 0.05) is 22.2 Å². The fourth-order valence-corrected chi connectivity index (χ4v) is 2.25. The van der Waals surface area contributed by atoms with Crippen molar-refractivity contribution >= 4 is 11.6 Å². The molecule has 5 heteroatoms. The lowest BCUT2D eigenvalue weighted by atomic mass is 10.1. The second kappa shape index (κ2) is 6.12. The minimum Gasteiger partial charge on any atom is -0.268 e. The van der Waals surface area contributed by atoms with Crippen LogP contribution in [0.25, 0.3) is 11.3 Å². The van der Waals surface area contributed by atoms with Crippen LogP contribution in [0.3, 0.4) is 0 Å². The minimum atomic E-state index is -0.354. The Morgan fingerprint density at radius 3 is 2.45 bits per heavy atom. The highest BCUT2D eigenvalue weighted by atomic mass is 35.5. The summed E-state index contributed by atoms with van der Waals surface area (Å²) in [6.07, 6.45) is 0. The number of hydrogen-bond acceptors (Lipinski definition) is 2. The standard InChI is InChI=1S/C17H12ClFN2O/c18-14-7-5-12(6-8-14)16-9-10-17(22)21(20-16)11-13-3-1-2-4-15(13)19/h1-10H,11H2. The van der Waals surface area contributed by atoms with Crippen molar-refractivity contribution < 1.29 is 4.39 Å². The summed E-state index contributed by atoms with van der Waals surface area (Å²) < 4.78 is 15.0. The smallest absolute Gasteiger partial charge is 0.267 e. The van der Waals surface area contributed by atoms with Gasteiger partial charge in [-0.25, -0.2) is 9.07 Å². The van der Waals surface area contributed by atoms with Crippen molar-refractivity contribution in [2.45, 2.75) is 6.54 Å². The molecule has 0 saturated carbocycles. The summed E-state index contributed by atoms with van der Waals surface area (Å²) in [4.78, 5) is 11.9. The number of aromatic nitrogens is 2. The van der Waals surface area contributed by atoms with Crippen LogP contribution in [0.5, 0.6) is 0 Å². The van der Waals surface area contributed by atoms with Crippen molar-refractivity contribution in [3.8, 4) is 11.3 Å². The lowest BCUT2D eigenvalue weighted by Crippen LogP contribution is -2.23. The second-order valence-corrected chi connectivity index (χ2v) is 5.25. The van der Waals surface area contributed by atoms with E-state index in [-0.39, 0.29) is 17.9 Å². The molecule has 0 atom stereocenters. The van der Waals surface area contributed by atoms with Gasteiger partial charge in [0.05, 0.1) is 12.2 Å². The van der Waals surface area contributed by atoms with E-state index in [0.29, 0.717) is 16.3 Å². The van der Waals surface area contributed by atoms with Crippen molar-refractivity contribution in [3.05, 3.63) is 87.4 Å². The van der Waals surface area contributed by atoms with Crippen molar-refractivity contribution in [2.75, 3.05) is 0 Å². The molecule has 0 fully saturated rings. The monoisotopic (exact) mass is 314 g/mol. The summed E-state index contributed by atoms with van der Waals surface area (Å²) in [5.41, 5.74) is 1.62. The van der Waals surface area contributed by atoms with Gasteiger partial charge < -0.3 is 0 Å². The molecule has 1 aromatic heterocycles. The zero-order valence-corrected chi connectivity index (χ0v) is 12.3. The summed E-state index contributed by atoms with van der Waals surface area (Å²) in [7, 11) is 0. The molecule has 0 bridgehead atoms. The van der Waals surface area contributed by atoms with Gasteiger partial charge in [-0.2, -0.15) is 5.10 Å². The fourth-order valence-electron chi connectivity index (χ4n) is 2.12. The van der Waals surface area contributed by atoms with Crippen LogP contribution < -0.4 is 5.56 Å². The Morgan fingerprint density at radius 2 is 1.73 bits per heavy atom. The van der Waals surface area contributed by atoms with Gasteiger partial charge in [-0.3, -0.25) is 4.79 Å². The van der Waals surface area contributed by atoms with Gasteiger partial charge in [-0.05, 0) is 24.3 Å². The number of nitrogens with zero attached hydrogens (tertiary/aromatic N) is 2. The Kier molecular flexibility index (Phi) is 4.02. The van der Waals surface area contributed by atoms with Crippen LogP contribution in [0.15, 0.2) is 65.5 Å². The van der Waals surface area contributed by atoms with Crippen molar-refractivity contribution in [1.29, 1.82) is 0 Å². The molecule has 0 amide bonds. The molecule has 0 aliphatic carbocycles. The van der Waals surface area contributed by atoms with Crippen molar-refractivity contribution in [1.82, 2.24) is 9.78 Å². The van der Waals surface area contributed by atoms with Crippen LogP contribution in [-0.2, 0) is 6.54 Å². The first-order valence-electron chi connectivity index (χ1n) is 6.71. The average Bonchev–Trinajstić information content (AvgIpc) is 2.52. The zero-order valence-electron chi connectivity index (χ0n) is 11.5. The molecule has 0 aliphatic rings. The van der Waals surface area contributed by atoms with Gasteiger partial charge in [-0.15, -0.1) is 0 Å². The predicted octanol–water partition coefficient (Wildman–Crippen LogP) is 3.75. The highest BCUT2D eigenvalue weighted by molar-refractivity contribution is 6.30. The number of halogens is 2. The molecular formula is C17H12ClFN2O. The van der Waals surface area contributed by atoms with E-state index in [1.807, 2.05) is 12.1 Å². The Hall–Kier alpha value is -2.46. The molecule has 1 heterocycles. The Balaban J connectivity index is 1.98. The lowest BCUT2D eigenvalue weighted by molar-refractivity contribution is 0.573. The first kappa shape index (κ1) is 14.5. The molecule has 0 radical (unpaired) electrons. The second-order valence-electron chi connectivity index (χ2n) is 4.81. The van der Waals surface area contributed by atoms with E-state index in [4.69, 9.17) is 11.6 Å². The predicted molar refractivity (Wildman–Crippen MR) is 84.4 cm³/mol. The topological polar surface area (TPSA) is 34.9 Å². The molecule has 0 N–H and O–H groups in total. The van der Waals surface area contributed by atoms with Crippen molar-refractivity contribution in [2.24, 2.45) is 0 Å². The van der Waals surface area contributed by atoms with E-state index in [1.165, 1.54) is 16.8 Å². The van der Waals surface area contributed by atoms with Gasteiger partial charge in [0.1, 0.15) is 5.82 Å². The maximum absolute atomic E-state index is 13.7. The summed E-state index contributed by atoms with van der Waals surface area (Å²) >= 11 is 5.86. The van der Waals surface area contributed by atoms with E-state index in [9.17, 15) is 9.18 Å². The Labute approximate surface area is 131 Å². The van der Waals surface area contributed by atoms with Gasteiger partial charge in [0.2, 0.25) is 0 Å². The quantitative estimate of drug-likeness (QED) is 0.738. The SMILES string of the molecule is O=c1ccc(-c2ccc(Cl)cc2)nn1Cc1ccccc1F. The van der Waals surface area contributed by atoms with Gasteiger partial charge in [-0.1, -0.05) is 41.9 Å². The van der Waals surface area contributed by atoms with Crippen LogP contribution in [0.4, 0.5) is 4.39 Å². The average molecular weight is 315 g/mol. The first-order valence-corrected chi connectivity index (χ1v) is 7.09. The van der Waals surface area contributed by atoms with E-state index < -0.39 is 0 Å². The lowest BCUT2D eigenvalue weighted by Gasteiger charge is -2.08. The van der Waals surface area contributed by atoms with Crippen LogP contribution in [0.2, 0.25) is 5.02 Å². The molecule has 0 aliphatic heterocycles. The summed E-state index contributed by atoms with van der Waals surface area (Å²) in [6, 6.07) is 16.6. The molecule has 3 nitrogen and oxygen atoms in total. The summed E-state index contributed by atoms with van der Waals surface area (Å²) in [5.74, 6) is -0.354. The van der Waals surface area contributed by atoms with Gasteiger partial charge >= 0.3 is 0 Å².